The van der Waals surface area contributed by atoms with Crippen LogP contribution >= 0.6 is 11.8 Å². The molecule has 0 fully saturated rings. The molecule has 0 radical (unpaired) electrons. The van der Waals surface area contributed by atoms with Gasteiger partial charge in [-0.15, -0.1) is 11.8 Å². The lowest BCUT2D eigenvalue weighted by atomic mass is 10.1. The fraction of sp³-hybridized carbons (Fsp3) is 0.0952. The summed E-state index contributed by atoms with van der Waals surface area (Å²) >= 11 is 1.68. The molecule has 1 unspecified atom stereocenters. The second-order valence-electron chi connectivity index (χ2n) is 12.2. The van der Waals surface area contributed by atoms with Crippen molar-refractivity contribution >= 4 is 22.6 Å². The molecule has 4 aromatic carbocycles. The van der Waals surface area contributed by atoms with Crippen LogP contribution in [0.4, 0.5) is 8.78 Å². The number of halogens is 2. The number of aromatic nitrogens is 8. The molecule has 4 heterocycles. The predicted octanol–water partition coefficient (Wildman–Crippen LogP) is 9.16. The number of nitrogens with one attached hydrogen (secondary N) is 2. The minimum absolute atomic E-state index is 0.235. The maximum Gasteiger partial charge on any atom is 0.316 e. The van der Waals surface area contributed by atoms with Crippen LogP contribution in [0.25, 0.3) is 68.1 Å². The molecule has 0 aliphatic rings. The second kappa shape index (κ2) is 17.5. The van der Waals surface area contributed by atoms with Crippen molar-refractivity contribution in [1.82, 2.24) is 39.9 Å². The van der Waals surface area contributed by atoms with Gasteiger partial charge in [-0.1, -0.05) is 24.3 Å². The van der Waals surface area contributed by atoms with E-state index < -0.39 is 10.8 Å². The van der Waals surface area contributed by atoms with Crippen LogP contribution in [0.15, 0.2) is 131 Å². The van der Waals surface area contributed by atoms with Crippen molar-refractivity contribution < 1.29 is 22.5 Å². The Labute approximate surface area is 333 Å². The fourth-order valence-corrected chi connectivity index (χ4v) is 6.66. The monoisotopic (exact) mass is 800 g/mol. The van der Waals surface area contributed by atoms with E-state index in [0.29, 0.717) is 40.1 Å². The molecular formula is C42H34F2N8O3S2. The van der Waals surface area contributed by atoms with Crippen LogP contribution < -0.4 is 9.47 Å². The number of ether oxygens (including phenoxy) is 2. The molecule has 0 spiro atoms. The Hall–Kier alpha value is -6.58. The zero-order valence-electron chi connectivity index (χ0n) is 31.0. The number of H-pyrrole nitrogens is 2. The molecule has 0 saturated carbocycles. The normalized spacial score (nSPS) is 11.4. The van der Waals surface area contributed by atoms with E-state index in [0.717, 1.165) is 32.8 Å². The number of imidazole rings is 2. The molecule has 0 bridgehead atoms. The van der Waals surface area contributed by atoms with E-state index in [1.807, 2.05) is 42.7 Å². The van der Waals surface area contributed by atoms with Gasteiger partial charge in [0.05, 0.1) is 48.4 Å². The van der Waals surface area contributed by atoms with Crippen molar-refractivity contribution in [2.75, 3.05) is 26.7 Å². The quantitative estimate of drug-likeness (QED) is 0.129. The summed E-state index contributed by atoms with van der Waals surface area (Å²) in [6.07, 6.45) is 6.90. The molecule has 8 rings (SSSR count). The van der Waals surface area contributed by atoms with Crippen molar-refractivity contribution in [2.24, 2.45) is 0 Å². The Morgan fingerprint density at radius 3 is 1.35 bits per heavy atom. The van der Waals surface area contributed by atoms with Gasteiger partial charge in [0.25, 0.3) is 0 Å². The highest BCUT2D eigenvalue weighted by atomic mass is 32.2. The molecule has 2 N–H and O–H groups in total. The number of hydrogen-bond donors (Lipinski definition) is 2. The third-order valence-corrected chi connectivity index (χ3v) is 10.3. The molecule has 15 heteroatoms. The fourth-order valence-electron chi connectivity index (χ4n) is 5.73. The Morgan fingerprint density at radius 1 is 0.561 bits per heavy atom. The van der Waals surface area contributed by atoms with Crippen molar-refractivity contribution in [3.63, 3.8) is 0 Å². The summed E-state index contributed by atoms with van der Waals surface area (Å²) in [5, 5.41) is 0. The molecule has 8 aromatic rings. The molecule has 0 aliphatic heterocycles. The average Bonchev–Trinajstić information content (AvgIpc) is 3.91. The number of benzene rings is 4. The van der Waals surface area contributed by atoms with Gasteiger partial charge in [-0.05, 0) is 91.2 Å². The molecule has 4 aromatic heterocycles. The lowest BCUT2D eigenvalue weighted by Crippen LogP contribution is -1.94. The highest BCUT2D eigenvalue weighted by Crippen LogP contribution is 2.35. The molecular weight excluding hydrogens is 767 g/mol. The topological polar surface area (TPSA) is 144 Å². The van der Waals surface area contributed by atoms with Crippen molar-refractivity contribution in [2.45, 2.75) is 9.79 Å². The Morgan fingerprint density at radius 2 is 0.965 bits per heavy atom. The SMILES string of the molecule is COc1nccc(-c2[nH]c(-c3ccc(S(C)=O)cc3)nc2-c2ccc(F)cc2)n1.COc1nccc(-c2[nH]c(-c3ccc(SC)cc3)nc2-c2ccc(F)cc2)n1. The summed E-state index contributed by atoms with van der Waals surface area (Å²) in [6, 6.07) is 31.8. The molecule has 1 atom stereocenters. The maximum atomic E-state index is 13.4. The van der Waals surface area contributed by atoms with Crippen LogP contribution in [0.1, 0.15) is 0 Å². The van der Waals surface area contributed by atoms with E-state index in [1.54, 1.807) is 78.9 Å². The van der Waals surface area contributed by atoms with E-state index in [4.69, 9.17) is 19.4 Å². The third-order valence-electron chi connectivity index (χ3n) is 8.61. The van der Waals surface area contributed by atoms with Gasteiger partial charge in [-0.25, -0.2) is 28.7 Å². The number of rotatable bonds is 10. The molecule has 57 heavy (non-hydrogen) atoms. The standard InChI is InChI=1S/C21H17FN4O2S.C21H17FN4OS/c1-28-21-23-12-11-17(24-21)19-18(13-3-7-15(22)8-4-13)25-20(26-19)14-5-9-16(10-6-14)29(2)27;1-27-21-23-12-11-17(24-21)19-18(13-3-7-15(22)8-4-13)25-20(26-19)14-5-9-16(28-2)10-6-14/h3-12H,1-2H3,(H,25,26);3-12H,1-2H3,(H,25,26). The lowest BCUT2D eigenvalue weighted by molar-refractivity contribution is 0.380. The van der Waals surface area contributed by atoms with E-state index >= 15 is 0 Å². The predicted molar refractivity (Wildman–Crippen MR) is 218 cm³/mol. The zero-order valence-corrected chi connectivity index (χ0v) is 32.7. The van der Waals surface area contributed by atoms with Gasteiger partial charge in [-0.2, -0.15) is 9.97 Å². The largest absolute Gasteiger partial charge is 0.467 e. The Bertz CT molecular complexity index is 2640. The van der Waals surface area contributed by atoms with Crippen molar-refractivity contribution in [3.05, 3.63) is 133 Å². The first-order chi connectivity index (χ1) is 27.7. The van der Waals surface area contributed by atoms with Gasteiger partial charge in [0, 0.05) is 61.5 Å². The van der Waals surface area contributed by atoms with E-state index in [-0.39, 0.29) is 23.7 Å². The van der Waals surface area contributed by atoms with Gasteiger partial charge in [-0.3, -0.25) is 4.21 Å². The summed E-state index contributed by atoms with van der Waals surface area (Å²) in [5.74, 6) is 0.709. The first-order valence-electron chi connectivity index (χ1n) is 17.3. The number of aromatic amines is 2. The van der Waals surface area contributed by atoms with Crippen LogP contribution in [0, 0.1) is 11.6 Å². The minimum atomic E-state index is -1.06. The molecule has 0 aliphatic carbocycles. The second-order valence-corrected chi connectivity index (χ2v) is 14.5. The number of nitrogens with zero attached hydrogens (tertiary/aromatic N) is 6. The van der Waals surface area contributed by atoms with Gasteiger partial charge in [0.2, 0.25) is 0 Å². The summed E-state index contributed by atoms with van der Waals surface area (Å²) in [4.78, 5) is 35.0. The van der Waals surface area contributed by atoms with Crippen LogP contribution in [0.5, 0.6) is 12.0 Å². The first-order valence-corrected chi connectivity index (χ1v) is 20.1. The number of methoxy groups -OCH3 is 2. The van der Waals surface area contributed by atoms with Crippen molar-refractivity contribution in [1.29, 1.82) is 0 Å². The van der Waals surface area contributed by atoms with E-state index in [1.165, 1.54) is 43.4 Å². The summed E-state index contributed by atoms with van der Waals surface area (Å²) < 4.78 is 48.7. The summed E-state index contributed by atoms with van der Waals surface area (Å²) in [6.45, 7) is 0. The van der Waals surface area contributed by atoms with E-state index in [2.05, 4.69) is 29.9 Å². The highest BCUT2D eigenvalue weighted by molar-refractivity contribution is 7.98. The Kier molecular flexibility index (Phi) is 11.9. The van der Waals surface area contributed by atoms with Gasteiger partial charge in [0.15, 0.2) is 0 Å². The Balaban J connectivity index is 0.000000174. The lowest BCUT2D eigenvalue weighted by Gasteiger charge is -2.04. The van der Waals surface area contributed by atoms with Gasteiger partial charge < -0.3 is 19.4 Å². The van der Waals surface area contributed by atoms with Gasteiger partial charge >= 0.3 is 12.0 Å². The number of thioether (sulfide) groups is 1. The van der Waals surface area contributed by atoms with Crippen LogP contribution in [-0.2, 0) is 10.8 Å². The van der Waals surface area contributed by atoms with Crippen LogP contribution in [-0.4, -0.2) is 70.8 Å². The first kappa shape index (κ1) is 38.7. The highest BCUT2D eigenvalue weighted by Gasteiger charge is 2.19. The molecule has 286 valence electrons. The summed E-state index contributed by atoms with van der Waals surface area (Å²) in [5.41, 5.74) is 7.25. The van der Waals surface area contributed by atoms with Crippen LogP contribution in [0.3, 0.4) is 0 Å². The van der Waals surface area contributed by atoms with Crippen LogP contribution in [0.2, 0.25) is 0 Å². The minimum Gasteiger partial charge on any atom is -0.467 e. The van der Waals surface area contributed by atoms with Gasteiger partial charge in [0.1, 0.15) is 23.3 Å². The molecule has 0 saturated heterocycles. The van der Waals surface area contributed by atoms with E-state index in [9.17, 15) is 13.0 Å². The third kappa shape index (κ3) is 8.95. The molecule has 0 amide bonds. The summed E-state index contributed by atoms with van der Waals surface area (Å²) in [7, 11) is 1.96. The average molecular weight is 801 g/mol. The smallest absolute Gasteiger partial charge is 0.316 e. The van der Waals surface area contributed by atoms with Crippen molar-refractivity contribution in [3.8, 4) is 80.1 Å². The number of hydrogen-bond acceptors (Lipinski definition) is 10. The maximum absolute atomic E-state index is 13.4. The molecule has 11 nitrogen and oxygen atoms in total. The zero-order chi connectivity index (χ0) is 39.9.